The molecule has 0 spiro atoms. The van der Waals surface area contributed by atoms with Gasteiger partial charge in [0.05, 0.1) is 12.4 Å². The number of hydrogen-bond acceptors (Lipinski definition) is 4. The van der Waals surface area contributed by atoms with Crippen molar-refractivity contribution in [2.75, 3.05) is 18.1 Å². The van der Waals surface area contributed by atoms with Crippen LogP contribution in [-0.4, -0.2) is 40.4 Å². The van der Waals surface area contributed by atoms with Crippen molar-refractivity contribution in [3.63, 3.8) is 0 Å². The molecule has 0 unspecified atom stereocenters. The van der Waals surface area contributed by atoms with Crippen LogP contribution >= 0.6 is 11.8 Å². The maximum Gasteiger partial charge on any atom is 0.442 e. The first-order valence-electron chi connectivity index (χ1n) is 4.17. The number of carbonyl (C=O) groups is 2. The van der Waals surface area contributed by atoms with Gasteiger partial charge in [-0.15, -0.1) is 0 Å². The van der Waals surface area contributed by atoms with E-state index in [-0.39, 0.29) is 12.4 Å². The second kappa shape index (κ2) is 7.29. The molecule has 0 N–H and O–H groups in total. The minimum Gasteiger partial charge on any atom is -0.457 e. The molecule has 0 fully saturated rings. The van der Waals surface area contributed by atoms with Crippen LogP contribution in [0.4, 0.5) is 0 Å². The van der Waals surface area contributed by atoms with Crippen LogP contribution in [0.5, 0.6) is 0 Å². The number of nitrogens with zero attached hydrogens (tertiary/aromatic N) is 2. The molecule has 0 aliphatic rings. The predicted molar refractivity (Wildman–Crippen MR) is 53.3 cm³/mol. The Labute approximate surface area is 86.4 Å². The Morgan fingerprint density at radius 3 is 2.50 bits per heavy atom. The van der Waals surface area contributed by atoms with Crippen molar-refractivity contribution < 1.29 is 19.1 Å². The van der Waals surface area contributed by atoms with Gasteiger partial charge in [-0.25, -0.2) is 4.79 Å². The molecule has 0 aromatic carbocycles. The van der Waals surface area contributed by atoms with Gasteiger partial charge < -0.3 is 10.3 Å². The van der Waals surface area contributed by atoms with E-state index in [2.05, 4.69) is 9.53 Å². The van der Waals surface area contributed by atoms with E-state index in [0.29, 0.717) is 0 Å². The second-order valence-electron chi connectivity index (χ2n) is 2.23. The monoisotopic (exact) mass is 216 g/mol. The molecular formula is C8H12N2O3S. The van der Waals surface area contributed by atoms with E-state index in [0.717, 1.165) is 5.75 Å². The lowest BCUT2D eigenvalue weighted by atomic mass is 10.3. The summed E-state index contributed by atoms with van der Waals surface area (Å²) in [6, 6.07) is 0. The van der Waals surface area contributed by atoms with Crippen molar-refractivity contribution in [3.8, 4) is 0 Å². The minimum absolute atomic E-state index is 0.120. The topological polar surface area (TPSA) is 79.8 Å². The number of thioether (sulfide) groups is 1. The van der Waals surface area contributed by atoms with Crippen LogP contribution in [0.25, 0.3) is 5.53 Å². The van der Waals surface area contributed by atoms with E-state index in [1.165, 1.54) is 11.8 Å². The molecule has 0 radical (unpaired) electrons. The van der Waals surface area contributed by atoms with Crippen LogP contribution in [0.1, 0.15) is 13.8 Å². The first-order chi connectivity index (χ1) is 6.67. The molecule has 0 amide bonds. The molecular weight excluding hydrogens is 204 g/mol. The first-order valence-corrected chi connectivity index (χ1v) is 5.32. The van der Waals surface area contributed by atoms with E-state index in [1.54, 1.807) is 6.92 Å². The summed E-state index contributed by atoms with van der Waals surface area (Å²) in [6.07, 6.45) is 0. The van der Waals surface area contributed by atoms with E-state index in [1.807, 2.05) is 6.92 Å². The van der Waals surface area contributed by atoms with Crippen molar-refractivity contribution in [2.24, 2.45) is 0 Å². The highest BCUT2D eigenvalue weighted by molar-refractivity contribution is 8.00. The fraction of sp³-hybridized carbons (Fsp3) is 0.625. The number of rotatable bonds is 6. The third-order valence-corrected chi connectivity index (χ3v) is 2.14. The standard InChI is InChI=1S/C8H12N2O3S/c1-3-13-8(12)7(10-9)6(11)5-14-4-2/h3-5H2,1-2H3. The molecule has 0 aromatic rings. The average molecular weight is 216 g/mol. The summed E-state index contributed by atoms with van der Waals surface area (Å²) in [6.45, 7) is 3.64. The van der Waals surface area contributed by atoms with Crippen molar-refractivity contribution in [1.29, 1.82) is 0 Å². The first kappa shape index (κ1) is 12.9. The predicted octanol–water partition coefficient (Wildman–Crippen LogP) is 0.542. The quantitative estimate of drug-likeness (QED) is 0.213. The summed E-state index contributed by atoms with van der Waals surface area (Å²) in [5.74, 6) is -0.517. The Hall–Kier alpha value is -1.13. The van der Waals surface area contributed by atoms with E-state index in [9.17, 15) is 9.59 Å². The summed E-state index contributed by atoms with van der Waals surface area (Å²) in [5, 5.41) is 0. The maximum atomic E-state index is 11.2. The van der Waals surface area contributed by atoms with Gasteiger partial charge in [0.2, 0.25) is 0 Å². The molecule has 0 aliphatic carbocycles. The van der Waals surface area contributed by atoms with Gasteiger partial charge in [-0.3, -0.25) is 4.79 Å². The highest BCUT2D eigenvalue weighted by atomic mass is 32.2. The van der Waals surface area contributed by atoms with Gasteiger partial charge in [0.15, 0.2) is 0 Å². The number of carbonyl (C=O) groups excluding carboxylic acids is 2. The van der Waals surface area contributed by atoms with Gasteiger partial charge in [-0.05, 0) is 12.7 Å². The zero-order valence-electron chi connectivity index (χ0n) is 8.15. The van der Waals surface area contributed by atoms with E-state index < -0.39 is 17.5 Å². The molecule has 0 heterocycles. The van der Waals surface area contributed by atoms with Gasteiger partial charge in [0.25, 0.3) is 5.78 Å². The fourth-order valence-electron chi connectivity index (χ4n) is 0.673. The summed E-state index contributed by atoms with van der Waals surface area (Å²) in [4.78, 5) is 24.9. The molecule has 5 nitrogen and oxygen atoms in total. The lowest BCUT2D eigenvalue weighted by Gasteiger charge is -1.96. The molecule has 0 bridgehead atoms. The van der Waals surface area contributed by atoms with Crippen LogP contribution in [0.2, 0.25) is 0 Å². The summed E-state index contributed by atoms with van der Waals surface area (Å²) >= 11 is 1.35. The van der Waals surface area contributed by atoms with Crippen LogP contribution < -0.4 is 0 Å². The lowest BCUT2D eigenvalue weighted by Crippen LogP contribution is -2.28. The SMILES string of the molecule is CCOC(=O)C(=[N+]=[N-])C(=O)CSCC. The molecule has 0 aliphatic heterocycles. The Kier molecular flexibility index (Phi) is 6.70. The minimum atomic E-state index is -0.878. The van der Waals surface area contributed by atoms with Crippen LogP contribution in [0.15, 0.2) is 0 Å². The number of ether oxygens (including phenoxy) is 1. The zero-order chi connectivity index (χ0) is 11.0. The molecule has 14 heavy (non-hydrogen) atoms. The Morgan fingerprint density at radius 2 is 2.07 bits per heavy atom. The van der Waals surface area contributed by atoms with Crippen LogP contribution in [0.3, 0.4) is 0 Å². The largest absolute Gasteiger partial charge is 0.457 e. The van der Waals surface area contributed by atoms with Gasteiger partial charge in [-0.1, -0.05) is 6.92 Å². The molecule has 0 saturated heterocycles. The summed E-state index contributed by atoms with van der Waals surface area (Å²) in [7, 11) is 0. The van der Waals surface area contributed by atoms with Crippen molar-refractivity contribution in [2.45, 2.75) is 13.8 Å². The Balaban J connectivity index is 4.35. The fourth-order valence-corrected chi connectivity index (χ4v) is 1.20. The Bertz CT molecular complexity index is 272. The van der Waals surface area contributed by atoms with Gasteiger partial charge in [0.1, 0.15) is 0 Å². The summed E-state index contributed by atoms with van der Waals surface area (Å²) in [5.41, 5.74) is 7.92. The maximum absolute atomic E-state index is 11.2. The highest BCUT2D eigenvalue weighted by Gasteiger charge is 2.30. The number of Topliss-reactive ketones (excluding diaryl/α,β-unsaturated/α-hetero) is 1. The third-order valence-electron chi connectivity index (χ3n) is 1.27. The highest BCUT2D eigenvalue weighted by Crippen LogP contribution is 1.99. The normalized spacial score (nSPS) is 9.00. The molecule has 6 heteroatoms. The Morgan fingerprint density at radius 1 is 1.43 bits per heavy atom. The van der Waals surface area contributed by atoms with Crippen molar-refractivity contribution in [1.82, 2.24) is 0 Å². The van der Waals surface area contributed by atoms with Crippen LogP contribution in [0, 0.1) is 0 Å². The molecule has 0 atom stereocenters. The van der Waals surface area contributed by atoms with Crippen molar-refractivity contribution in [3.05, 3.63) is 5.53 Å². The molecule has 0 aromatic heterocycles. The second-order valence-corrected chi connectivity index (χ2v) is 3.50. The number of hydrogen-bond donors (Lipinski definition) is 0. The number of ketones is 1. The number of esters is 1. The van der Waals surface area contributed by atoms with Gasteiger partial charge in [-0.2, -0.15) is 16.6 Å². The van der Waals surface area contributed by atoms with Crippen LogP contribution in [-0.2, 0) is 14.3 Å². The lowest BCUT2D eigenvalue weighted by molar-refractivity contribution is -0.141. The van der Waals surface area contributed by atoms with E-state index >= 15 is 0 Å². The zero-order valence-corrected chi connectivity index (χ0v) is 8.97. The average Bonchev–Trinajstić information content (AvgIpc) is 2.16. The molecule has 0 saturated carbocycles. The molecule has 78 valence electrons. The van der Waals surface area contributed by atoms with Crippen molar-refractivity contribution >= 4 is 29.2 Å². The summed E-state index contributed by atoms with van der Waals surface area (Å²) < 4.78 is 4.54. The van der Waals surface area contributed by atoms with E-state index in [4.69, 9.17) is 5.53 Å². The third kappa shape index (κ3) is 4.20. The van der Waals surface area contributed by atoms with Gasteiger partial charge >= 0.3 is 11.7 Å². The smallest absolute Gasteiger partial charge is 0.442 e. The molecule has 0 rings (SSSR count). The van der Waals surface area contributed by atoms with Gasteiger partial charge in [0, 0.05) is 0 Å².